The molecule has 0 saturated carbocycles. The quantitative estimate of drug-likeness (QED) is 0.337. The zero-order chi connectivity index (χ0) is 20.1. The molecule has 0 spiro atoms. The first-order valence-electron chi connectivity index (χ1n) is 8.07. The summed E-state index contributed by atoms with van der Waals surface area (Å²) in [6, 6.07) is 13.0. The van der Waals surface area contributed by atoms with E-state index < -0.39 is 17.8 Å². The number of imide groups is 2. The van der Waals surface area contributed by atoms with Gasteiger partial charge in [-0.05, 0) is 70.6 Å². The first-order chi connectivity index (χ1) is 13.4. The third-order valence-electron chi connectivity index (χ3n) is 3.63. The zero-order valence-electron chi connectivity index (χ0n) is 14.3. The van der Waals surface area contributed by atoms with E-state index in [1.54, 1.807) is 36.4 Å². The molecule has 0 aromatic heterocycles. The maximum absolute atomic E-state index is 11.9. The van der Waals surface area contributed by atoms with Gasteiger partial charge in [-0.25, -0.2) is 4.79 Å². The third-order valence-corrected chi connectivity index (χ3v) is 4.35. The van der Waals surface area contributed by atoms with Crippen LogP contribution in [0.1, 0.15) is 5.56 Å². The fourth-order valence-electron chi connectivity index (χ4n) is 2.31. The number of ether oxygens (including phenoxy) is 1. The van der Waals surface area contributed by atoms with Crippen LogP contribution in [0.5, 0.6) is 5.75 Å². The highest BCUT2D eigenvalue weighted by Crippen LogP contribution is 2.16. The summed E-state index contributed by atoms with van der Waals surface area (Å²) in [6.07, 6.45) is 1.35. The van der Waals surface area contributed by atoms with Gasteiger partial charge in [0, 0.05) is 9.26 Å². The van der Waals surface area contributed by atoms with E-state index in [-0.39, 0.29) is 18.1 Å². The van der Waals surface area contributed by atoms with Crippen molar-refractivity contribution in [3.63, 3.8) is 0 Å². The Labute approximate surface area is 173 Å². The van der Waals surface area contributed by atoms with E-state index in [9.17, 15) is 19.2 Å². The zero-order valence-corrected chi connectivity index (χ0v) is 16.5. The number of nitrogens with one attached hydrogen (secondary N) is 3. The molecule has 1 heterocycles. The molecule has 142 valence electrons. The molecule has 9 heteroatoms. The van der Waals surface area contributed by atoms with E-state index >= 15 is 0 Å². The van der Waals surface area contributed by atoms with E-state index in [2.05, 4.69) is 27.9 Å². The van der Waals surface area contributed by atoms with Gasteiger partial charge in [0.1, 0.15) is 11.3 Å². The van der Waals surface area contributed by atoms with Crippen LogP contribution in [0.2, 0.25) is 0 Å². The molecule has 0 unspecified atom stereocenters. The number of carbonyl (C=O) groups is 4. The van der Waals surface area contributed by atoms with Gasteiger partial charge in [-0.2, -0.15) is 0 Å². The van der Waals surface area contributed by atoms with Crippen molar-refractivity contribution < 1.29 is 23.9 Å². The molecule has 2 aromatic rings. The van der Waals surface area contributed by atoms with E-state index in [0.29, 0.717) is 17.0 Å². The lowest BCUT2D eigenvalue weighted by atomic mass is 10.1. The Bertz CT molecular complexity index is 946. The fraction of sp³-hybridized carbons (Fsp3) is 0.0526. The second-order valence-electron chi connectivity index (χ2n) is 5.71. The molecule has 0 aliphatic carbocycles. The first-order valence-corrected chi connectivity index (χ1v) is 9.15. The summed E-state index contributed by atoms with van der Waals surface area (Å²) in [7, 11) is 0. The number of urea groups is 1. The van der Waals surface area contributed by atoms with Crippen molar-refractivity contribution in [2.45, 2.75) is 0 Å². The highest BCUT2D eigenvalue weighted by Gasteiger charge is 2.27. The van der Waals surface area contributed by atoms with Gasteiger partial charge in [0.15, 0.2) is 6.61 Å². The van der Waals surface area contributed by atoms with Crippen LogP contribution < -0.4 is 20.7 Å². The predicted molar refractivity (Wildman–Crippen MR) is 109 cm³/mol. The lowest BCUT2D eigenvalue weighted by Crippen LogP contribution is -2.51. The lowest BCUT2D eigenvalue weighted by molar-refractivity contribution is -0.124. The van der Waals surface area contributed by atoms with Crippen LogP contribution in [0, 0.1) is 3.57 Å². The molecule has 8 nitrogen and oxygen atoms in total. The summed E-state index contributed by atoms with van der Waals surface area (Å²) in [6.45, 7) is -0.167. The molecule has 1 saturated heterocycles. The van der Waals surface area contributed by atoms with Crippen LogP contribution in [-0.2, 0) is 14.4 Å². The topological polar surface area (TPSA) is 114 Å². The Kier molecular flexibility index (Phi) is 6.04. The van der Waals surface area contributed by atoms with E-state index in [1.165, 1.54) is 6.08 Å². The standard InChI is InChI=1S/C19H14IN3O5/c20-12-3-5-13(6-4-12)21-16(24)10-28-14-7-1-11(2-8-14)9-15-17(25)22-19(27)23-18(15)26/h1-9H,10H2,(H,21,24)(H2,22,23,25,26,27). The van der Waals surface area contributed by atoms with Gasteiger partial charge in [0.2, 0.25) is 0 Å². The molecular weight excluding hydrogens is 477 g/mol. The largest absolute Gasteiger partial charge is 0.484 e. The number of amides is 5. The van der Waals surface area contributed by atoms with Crippen molar-refractivity contribution in [2.24, 2.45) is 0 Å². The predicted octanol–water partition coefficient (Wildman–Crippen LogP) is 2.06. The third kappa shape index (κ3) is 5.16. The number of benzene rings is 2. The molecule has 3 N–H and O–H groups in total. The molecule has 5 amide bonds. The number of rotatable bonds is 5. The minimum absolute atomic E-state index is 0.167. The van der Waals surface area contributed by atoms with Crippen molar-refractivity contribution in [1.82, 2.24) is 10.6 Å². The molecule has 0 radical (unpaired) electrons. The maximum Gasteiger partial charge on any atom is 0.328 e. The summed E-state index contributed by atoms with van der Waals surface area (Å²) >= 11 is 2.18. The lowest BCUT2D eigenvalue weighted by Gasteiger charge is -2.14. The van der Waals surface area contributed by atoms with Crippen LogP contribution in [0.3, 0.4) is 0 Å². The van der Waals surface area contributed by atoms with Crippen LogP contribution in [0.4, 0.5) is 10.5 Å². The van der Waals surface area contributed by atoms with E-state index in [4.69, 9.17) is 4.74 Å². The van der Waals surface area contributed by atoms with Crippen LogP contribution >= 0.6 is 22.6 Å². The molecule has 0 atom stereocenters. The van der Waals surface area contributed by atoms with Gasteiger partial charge in [-0.3, -0.25) is 25.0 Å². The Balaban J connectivity index is 1.57. The van der Waals surface area contributed by atoms with Gasteiger partial charge >= 0.3 is 6.03 Å². The van der Waals surface area contributed by atoms with Gasteiger partial charge in [-0.15, -0.1) is 0 Å². The van der Waals surface area contributed by atoms with E-state index in [0.717, 1.165) is 3.57 Å². The molecule has 2 aromatic carbocycles. The fourth-order valence-corrected chi connectivity index (χ4v) is 2.67. The van der Waals surface area contributed by atoms with Crippen LogP contribution in [0.25, 0.3) is 6.08 Å². The minimum Gasteiger partial charge on any atom is -0.484 e. The second kappa shape index (κ2) is 8.65. The average molecular weight is 491 g/mol. The monoisotopic (exact) mass is 491 g/mol. The first kappa shape index (κ1) is 19.5. The Hall–Kier alpha value is -3.21. The van der Waals surface area contributed by atoms with Crippen molar-refractivity contribution in [3.8, 4) is 5.75 Å². The van der Waals surface area contributed by atoms with Crippen molar-refractivity contribution in [1.29, 1.82) is 0 Å². The summed E-state index contributed by atoms with van der Waals surface area (Å²) in [5.74, 6) is -1.37. The molecule has 1 aliphatic heterocycles. The molecule has 0 bridgehead atoms. The van der Waals surface area contributed by atoms with Gasteiger partial charge in [0.05, 0.1) is 0 Å². The molecule has 28 heavy (non-hydrogen) atoms. The number of barbiturate groups is 1. The molecule has 1 aliphatic rings. The Morgan fingerprint density at radius 2 is 1.57 bits per heavy atom. The summed E-state index contributed by atoms with van der Waals surface area (Å²) in [5, 5.41) is 6.72. The highest BCUT2D eigenvalue weighted by atomic mass is 127. The summed E-state index contributed by atoms with van der Waals surface area (Å²) in [5.41, 5.74) is 1.06. The van der Waals surface area contributed by atoms with Gasteiger partial charge in [-0.1, -0.05) is 12.1 Å². The SMILES string of the molecule is O=C(COc1ccc(C=C2C(=O)NC(=O)NC2=O)cc1)Nc1ccc(I)cc1. The van der Waals surface area contributed by atoms with Crippen LogP contribution in [-0.4, -0.2) is 30.4 Å². The molecule has 3 rings (SSSR count). The number of hydrogen-bond donors (Lipinski definition) is 3. The van der Waals surface area contributed by atoms with Crippen molar-refractivity contribution in [3.05, 3.63) is 63.2 Å². The smallest absolute Gasteiger partial charge is 0.328 e. The number of anilines is 1. The average Bonchev–Trinajstić information content (AvgIpc) is 2.66. The number of carbonyl (C=O) groups excluding carboxylic acids is 4. The summed E-state index contributed by atoms with van der Waals surface area (Å²) in [4.78, 5) is 46.4. The molecular formula is C19H14IN3O5. The van der Waals surface area contributed by atoms with Gasteiger partial charge in [0.25, 0.3) is 17.7 Å². The Morgan fingerprint density at radius 3 is 2.18 bits per heavy atom. The summed E-state index contributed by atoms with van der Waals surface area (Å²) < 4.78 is 6.49. The number of halogens is 1. The van der Waals surface area contributed by atoms with Gasteiger partial charge < -0.3 is 10.1 Å². The Morgan fingerprint density at radius 1 is 0.964 bits per heavy atom. The number of hydrogen-bond acceptors (Lipinski definition) is 5. The maximum atomic E-state index is 11.9. The molecule has 1 fully saturated rings. The van der Waals surface area contributed by atoms with Crippen molar-refractivity contribution in [2.75, 3.05) is 11.9 Å². The normalized spacial score (nSPS) is 13.5. The highest BCUT2D eigenvalue weighted by molar-refractivity contribution is 14.1. The van der Waals surface area contributed by atoms with E-state index in [1.807, 2.05) is 22.8 Å². The minimum atomic E-state index is -0.848. The van der Waals surface area contributed by atoms with Crippen molar-refractivity contribution >= 4 is 58.1 Å². The second-order valence-corrected chi connectivity index (χ2v) is 6.95. The van der Waals surface area contributed by atoms with Crippen LogP contribution in [0.15, 0.2) is 54.1 Å².